The fraction of sp³-hybridized carbons (Fsp3) is 0.353. The van der Waals surface area contributed by atoms with Gasteiger partial charge in [0.1, 0.15) is 5.75 Å². The Morgan fingerprint density at radius 3 is 2.74 bits per heavy atom. The van der Waals surface area contributed by atoms with Gasteiger partial charge < -0.3 is 20.3 Å². The zero-order valence-corrected chi connectivity index (χ0v) is 14.5. The van der Waals surface area contributed by atoms with E-state index in [1.54, 1.807) is 18.4 Å². The second-order valence-electron chi connectivity index (χ2n) is 5.41. The fourth-order valence-electron chi connectivity index (χ4n) is 2.24. The molecule has 1 aromatic carbocycles. The SMILES string of the molecule is COc1cccc(CNC(=O)NC[C@@H](c2cccs2)N(C)C)c1. The largest absolute Gasteiger partial charge is 0.497 e. The summed E-state index contributed by atoms with van der Waals surface area (Å²) in [5, 5.41) is 7.85. The minimum atomic E-state index is -0.170. The van der Waals surface area contributed by atoms with Crippen molar-refractivity contribution in [2.45, 2.75) is 12.6 Å². The van der Waals surface area contributed by atoms with Gasteiger partial charge in [0.2, 0.25) is 0 Å². The Balaban J connectivity index is 1.82. The van der Waals surface area contributed by atoms with Crippen LogP contribution in [0.1, 0.15) is 16.5 Å². The van der Waals surface area contributed by atoms with Crippen molar-refractivity contribution in [2.24, 2.45) is 0 Å². The Labute approximate surface area is 141 Å². The number of benzene rings is 1. The van der Waals surface area contributed by atoms with E-state index < -0.39 is 0 Å². The number of hydrogen-bond donors (Lipinski definition) is 2. The Hall–Kier alpha value is -2.05. The van der Waals surface area contributed by atoms with E-state index in [9.17, 15) is 4.79 Å². The van der Waals surface area contributed by atoms with E-state index in [4.69, 9.17) is 4.74 Å². The normalized spacial score (nSPS) is 12.0. The summed E-state index contributed by atoms with van der Waals surface area (Å²) in [4.78, 5) is 15.3. The molecule has 0 spiro atoms. The van der Waals surface area contributed by atoms with E-state index in [1.807, 2.05) is 44.4 Å². The molecule has 0 saturated carbocycles. The first-order valence-electron chi connectivity index (χ1n) is 7.44. The molecule has 1 atom stereocenters. The van der Waals surface area contributed by atoms with Gasteiger partial charge in [-0.15, -0.1) is 11.3 Å². The summed E-state index contributed by atoms with van der Waals surface area (Å²) < 4.78 is 5.18. The van der Waals surface area contributed by atoms with Crippen LogP contribution in [0.2, 0.25) is 0 Å². The lowest BCUT2D eigenvalue weighted by Crippen LogP contribution is -2.40. The first kappa shape index (κ1) is 17.3. The van der Waals surface area contributed by atoms with E-state index in [0.717, 1.165) is 11.3 Å². The number of amides is 2. The number of likely N-dealkylation sites (N-methyl/N-ethyl adjacent to an activating group) is 1. The number of thiophene rings is 1. The molecule has 6 heteroatoms. The molecular formula is C17H23N3O2S. The lowest BCUT2D eigenvalue weighted by molar-refractivity contribution is 0.233. The van der Waals surface area contributed by atoms with Crippen LogP contribution in [0, 0.1) is 0 Å². The molecule has 2 N–H and O–H groups in total. The zero-order valence-electron chi connectivity index (χ0n) is 13.7. The Bertz CT molecular complexity index is 614. The molecule has 2 rings (SSSR count). The van der Waals surface area contributed by atoms with Crippen LogP contribution < -0.4 is 15.4 Å². The van der Waals surface area contributed by atoms with Crippen LogP contribution in [0.25, 0.3) is 0 Å². The third-order valence-electron chi connectivity index (χ3n) is 3.54. The van der Waals surface area contributed by atoms with Crippen LogP contribution in [-0.2, 0) is 6.54 Å². The number of rotatable bonds is 7. The highest BCUT2D eigenvalue weighted by molar-refractivity contribution is 7.10. The molecule has 2 amide bonds. The highest BCUT2D eigenvalue weighted by Crippen LogP contribution is 2.22. The van der Waals surface area contributed by atoms with Gasteiger partial charge in [-0.25, -0.2) is 4.79 Å². The van der Waals surface area contributed by atoms with Crippen LogP contribution in [0.3, 0.4) is 0 Å². The van der Waals surface area contributed by atoms with Crippen molar-refractivity contribution in [3.63, 3.8) is 0 Å². The maximum absolute atomic E-state index is 12.0. The molecule has 23 heavy (non-hydrogen) atoms. The van der Waals surface area contributed by atoms with Gasteiger partial charge in [0.05, 0.1) is 13.2 Å². The minimum absolute atomic E-state index is 0.170. The molecule has 0 aliphatic rings. The smallest absolute Gasteiger partial charge is 0.315 e. The van der Waals surface area contributed by atoms with Crippen molar-refractivity contribution in [3.8, 4) is 5.75 Å². The van der Waals surface area contributed by atoms with Crippen LogP contribution >= 0.6 is 11.3 Å². The number of hydrogen-bond acceptors (Lipinski definition) is 4. The third kappa shape index (κ3) is 5.26. The minimum Gasteiger partial charge on any atom is -0.497 e. The van der Waals surface area contributed by atoms with Gasteiger partial charge >= 0.3 is 6.03 Å². The van der Waals surface area contributed by atoms with Crippen LogP contribution in [-0.4, -0.2) is 38.7 Å². The summed E-state index contributed by atoms with van der Waals surface area (Å²) in [7, 11) is 5.66. The fourth-order valence-corrected chi connectivity index (χ4v) is 3.16. The number of carbonyl (C=O) groups is 1. The highest BCUT2D eigenvalue weighted by atomic mass is 32.1. The molecule has 0 fully saturated rings. The summed E-state index contributed by atoms with van der Waals surface area (Å²) in [6.45, 7) is 1.03. The predicted molar refractivity (Wildman–Crippen MR) is 94.0 cm³/mol. The molecule has 124 valence electrons. The van der Waals surface area contributed by atoms with Crippen LogP contribution in [0.15, 0.2) is 41.8 Å². The quantitative estimate of drug-likeness (QED) is 0.819. The van der Waals surface area contributed by atoms with Gasteiger partial charge in [0.25, 0.3) is 0 Å². The summed E-state index contributed by atoms with van der Waals surface area (Å²) >= 11 is 1.70. The first-order valence-corrected chi connectivity index (χ1v) is 8.32. The van der Waals surface area contributed by atoms with Crippen molar-refractivity contribution in [1.82, 2.24) is 15.5 Å². The molecule has 0 bridgehead atoms. The number of methoxy groups -OCH3 is 1. The molecule has 5 nitrogen and oxygen atoms in total. The van der Waals surface area contributed by atoms with Crippen molar-refractivity contribution in [3.05, 3.63) is 52.2 Å². The summed E-state index contributed by atoms with van der Waals surface area (Å²) in [6, 6.07) is 11.8. The standard InChI is InChI=1S/C17H23N3O2S/c1-20(2)15(16-8-5-9-23-16)12-19-17(21)18-11-13-6-4-7-14(10-13)22-3/h4-10,15H,11-12H2,1-3H3,(H2,18,19,21)/t15-/m0/s1. The maximum Gasteiger partial charge on any atom is 0.315 e. The maximum atomic E-state index is 12.0. The Kier molecular flexibility index (Phi) is 6.43. The second-order valence-corrected chi connectivity index (χ2v) is 6.39. The van der Waals surface area contributed by atoms with Gasteiger partial charge in [-0.3, -0.25) is 0 Å². The predicted octanol–water partition coefficient (Wildman–Crippen LogP) is 2.86. The second kappa shape index (κ2) is 8.55. The van der Waals surface area contributed by atoms with Crippen molar-refractivity contribution in [1.29, 1.82) is 0 Å². The van der Waals surface area contributed by atoms with Gasteiger partial charge in [-0.2, -0.15) is 0 Å². The summed E-state index contributed by atoms with van der Waals surface area (Å²) in [5.41, 5.74) is 1.00. The van der Waals surface area contributed by atoms with Gasteiger partial charge in [0.15, 0.2) is 0 Å². The summed E-state index contributed by atoms with van der Waals surface area (Å²) in [6.07, 6.45) is 0. The summed E-state index contributed by atoms with van der Waals surface area (Å²) in [5.74, 6) is 0.787. The molecule has 0 saturated heterocycles. The lowest BCUT2D eigenvalue weighted by atomic mass is 10.2. The van der Waals surface area contributed by atoms with E-state index in [0.29, 0.717) is 13.1 Å². The van der Waals surface area contributed by atoms with E-state index in [2.05, 4.69) is 27.0 Å². The lowest BCUT2D eigenvalue weighted by Gasteiger charge is -2.23. The van der Waals surface area contributed by atoms with E-state index in [-0.39, 0.29) is 12.1 Å². The van der Waals surface area contributed by atoms with Crippen molar-refractivity contribution >= 4 is 17.4 Å². The average Bonchev–Trinajstić information content (AvgIpc) is 3.07. The number of carbonyl (C=O) groups excluding carboxylic acids is 1. The Morgan fingerprint density at radius 1 is 1.26 bits per heavy atom. The molecule has 1 heterocycles. The van der Waals surface area contributed by atoms with Gasteiger partial charge in [-0.1, -0.05) is 18.2 Å². The Morgan fingerprint density at radius 2 is 2.09 bits per heavy atom. The highest BCUT2D eigenvalue weighted by Gasteiger charge is 2.15. The van der Waals surface area contributed by atoms with Gasteiger partial charge in [-0.05, 0) is 43.2 Å². The van der Waals surface area contributed by atoms with Crippen molar-refractivity contribution < 1.29 is 9.53 Å². The average molecular weight is 333 g/mol. The van der Waals surface area contributed by atoms with Gasteiger partial charge in [0, 0.05) is 18.0 Å². The number of ether oxygens (including phenoxy) is 1. The number of nitrogens with zero attached hydrogens (tertiary/aromatic N) is 1. The van der Waals surface area contributed by atoms with E-state index >= 15 is 0 Å². The zero-order chi connectivity index (χ0) is 16.7. The van der Waals surface area contributed by atoms with E-state index in [1.165, 1.54) is 4.88 Å². The topological polar surface area (TPSA) is 53.6 Å². The molecule has 1 aromatic heterocycles. The first-order chi connectivity index (χ1) is 11.1. The molecule has 2 aromatic rings. The molecular weight excluding hydrogens is 310 g/mol. The third-order valence-corrected chi connectivity index (χ3v) is 4.51. The number of nitrogens with one attached hydrogen (secondary N) is 2. The molecule has 0 radical (unpaired) electrons. The van der Waals surface area contributed by atoms with Crippen molar-refractivity contribution in [2.75, 3.05) is 27.7 Å². The number of urea groups is 1. The molecule has 0 aliphatic heterocycles. The van der Waals surface area contributed by atoms with Crippen LogP contribution in [0.4, 0.5) is 4.79 Å². The van der Waals surface area contributed by atoms with Crippen LogP contribution in [0.5, 0.6) is 5.75 Å². The monoisotopic (exact) mass is 333 g/mol. The molecule has 0 unspecified atom stereocenters. The molecule has 0 aliphatic carbocycles.